The molecule has 0 aliphatic carbocycles. The molecule has 1 N–H and O–H groups in total. The van der Waals surface area contributed by atoms with Gasteiger partial charge in [0.1, 0.15) is 5.69 Å². The summed E-state index contributed by atoms with van der Waals surface area (Å²) in [5.74, 6) is -0.220. The monoisotopic (exact) mass is 286 g/mol. The third kappa shape index (κ3) is 2.45. The molecule has 0 saturated heterocycles. The predicted molar refractivity (Wildman–Crippen MR) is 76.0 cm³/mol. The fraction of sp³-hybridized carbons (Fsp3) is 0.214. The average Bonchev–Trinajstić information content (AvgIpc) is 3.10. The van der Waals surface area contributed by atoms with Gasteiger partial charge in [-0.25, -0.2) is 0 Å². The first-order chi connectivity index (χ1) is 10.2. The second-order valence-corrected chi connectivity index (χ2v) is 4.62. The van der Waals surface area contributed by atoms with Gasteiger partial charge in [-0.1, -0.05) is 0 Å². The van der Waals surface area contributed by atoms with E-state index in [0.717, 1.165) is 5.39 Å². The summed E-state index contributed by atoms with van der Waals surface area (Å²) < 4.78 is 8.16. The summed E-state index contributed by atoms with van der Waals surface area (Å²) >= 11 is 0. The van der Waals surface area contributed by atoms with Crippen molar-refractivity contribution in [2.24, 2.45) is 7.05 Å². The number of aromatic nitrogens is 3. The molecule has 21 heavy (non-hydrogen) atoms. The van der Waals surface area contributed by atoms with Crippen molar-refractivity contribution in [1.29, 1.82) is 0 Å². The minimum atomic E-state index is -0.220. The molecule has 7 heteroatoms. The summed E-state index contributed by atoms with van der Waals surface area (Å²) in [5, 5.41) is 7.46. The molecule has 3 aromatic heterocycles. The maximum atomic E-state index is 12.1. The third-order valence-corrected chi connectivity index (χ3v) is 3.28. The van der Waals surface area contributed by atoms with Crippen LogP contribution in [-0.4, -0.2) is 26.8 Å². The van der Waals surface area contributed by atoms with Crippen molar-refractivity contribution < 1.29 is 9.21 Å². The van der Waals surface area contributed by atoms with E-state index in [9.17, 15) is 9.59 Å². The molecule has 0 unspecified atom stereocenters. The minimum absolute atomic E-state index is 0.202. The quantitative estimate of drug-likeness (QED) is 0.767. The van der Waals surface area contributed by atoms with Crippen LogP contribution in [0.1, 0.15) is 10.5 Å². The molecule has 1 amide bonds. The van der Waals surface area contributed by atoms with Crippen LogP contribution in [0.3, 0.4) is 0 Å². The van der Waals surface area contributed by atoms with Gasteiger partial charge >= 0.3 is 0 Å². The molecule has 7 nitrogen and oxygen atoms in total. The number of nitrogens with zero attached hydrogens (tertiary/aromatic N) is 3. The Balaban J connectivity index is 1.67. The van der Waals surface area contributed by atoms with E-state index in [4.69, 9.17) is 4.42 Å². The highest BCUT2D eigenvalue weighted by molar-refractivity contribution is 5.92. The first kappa shape index (κ1) is 13.2. The lowest BCUT2D eigenvalue weighted by Gasteiger charge is -2.07. The van der Waals surface area contributed by atoms with Crippen LogP contribution in [0.4, 0.5) is 0 Å². The zero-order valence-corrected chi connectivity index (χ0v) is 11.4. The normalized spacial score (nSPS) is 10.9. The van der Waals surface area contributed by atoms with Gasteiger partial charge in [-0.3, -0.25) is 14.3 Å². The molecule has 0 fully saturated rings. The summed E-state index contributed by atoms with van der Waals surface area (Å²) in [4.78, 5) is 24.0. The lowest BCUT2D eigenvalue weighted by atomic mass is 10.3. The fourth-order valence-corrected chi connectivity index (χ4v) is 2.15. The van der Waals surface area contributed by atoms with Gasteiger partial charge in [0.05, 0.1) is 6.26 Å². The Morgan fingerprint density at radius 3 is 3.00 bits per heavy atom. The molecule has 3 aromatic rings. The Morgan fingerprint density at radius 1 is 1.38 bits per heavy atom. The van der Waals surface area contributed by atoms with Gasteiger partial charge in [-0.2, -0.15) is 5.10 Å². The Kier molecular flexibility index (Phi) is 3.31. The molecule has 0 radical (unpaired) electrons. The van der Waals surface area contributed by atoms with Crippen LogP contribution < -0.4 is 10.9 Å². The Morgan fingerprint density at radius 2 is 2.24 bits per heavy atom. The van der Waals surface area contributed by atoms with E-state index in [-0.39, 0.29) is 11.5 Å². The molecule has 0 aliphatic heterocycles. The topological polar surface area (TPSA) is 82.1 Å². The Hall–Kier alpha value is -2.83. The van der Waals surface area contributed by atoms with Crippen molar-refractivity contribution in [3.05, 3.63) is 52.9 Å². The fourth-order valence-electron chi connectivity index (χ4n) is 2.15. The number of carbonyl (C=O) groups is 1. The summed E-state index contributed by atoms with van der Waals surface area (Å²) in [6.07, 6.45) is 4.74. The maximum Gasteiger partial charge on any atom is 0.294 e. The molecule has 108 valence electrons. The molecule has 0 atom stereocenters. The van der Waals surface area contributed by atoms with Gasteiger partial charge in [-0.15, -0.1) is 0 Å². The van der Waals surface area contributed by atoms with Crippen LogP contribution in [0.15, 0.2) is 46.1 Å². The number of hydrogen-bond acceptors (Lipinski definition) is 4. The molecule has 0 aliphatic rings. The van der Waals surface area contributed by atoms with Crippen LogP contribution in [0.2, 0.25) is 0 Å². The number of pyridine rings is 1. The number of furan rings is 1. The van der Waals surface area contributed by atoms with E-state index in [2.05, 4.69) is 10.4 Å². The van der Waals surface area contributed by atoms with Crippen LogP contribution in [0.25, 0.3) is 11.0 Å². The zero-order valence-electron chi connectivity index (χ0n) is 11.4. The number of nitrogens with one attached hydrogen (secondary N) is 1. The highest BCUT2D eigenvalue weighted by atomic mass is 16.3. The van der Waals surface area contributed by atoms with Crippen LogP contribution >= 0.6 is 0 Å². The summed E-state index contributed by atoms with van der Waals surface area (Å²) in [6, 6.07) is 5.19. The molecule has 3 heterocycles. The van der Waals surface area contributed by atoms with Gasteiger partial charge in [0, 0.05) is 37.9 Å². The smallest absolute Gasteiger partial charge is 0.294 e. The second kappa shape index (κ2) is 5.28. The standard InChI is InChI=1S/C14H14N4O3/c1-17-11(2-5-16-17)13(19)15-6-8-18-7-3-10-4-9-21-12(10)14(18)20/h2-5,7,9H,6,8H2,1H3,(H,15,19). The third-order valence-electron chi connectivity index (χ3n) is 3.28. The van der Waals surface area contributed by atoms with E-state index in [0.29, 0.717) is 24.4 Å². The van der Waals surface area contributed by atoms with Gasteiger partial charge in [0.25, 0.3) is 11.5 Å². The van der Waals surface area contributed by atoms with E-state index < -0.39 is 0 Å². The Labute approximate surface area is 119 Å². The first-order valence-corrected chi connectivity index (χ1v) is 6.49. The number of amides is 1. The first-order valence-electron chi connectivity index (χ1n) is 6.49. The molecule has 3 rings (SSSR count). The molecule has 0 saturated carbocycles. The lowest BCUT2D eigenvalue weighted by molar-refractivity contribution is 0.0943. The number of hydrogen-bond donors (Lipinski definition) is 1. The SMILES string of the molecule is Cn1nccc1C(=O)NCCn1ccc2ccoc2c1=O. The molecule has 0 spiro atoms. The van der Waals surface area contributed by atoms with Crippen LogP contribution in [-0.2, 0) is 13.6 Å². The minimum Gasteiger partial charge on any atom is -0.459 e. The number of fused-ring (bicyclic) bond motifs is 1. The van der Waals surface area contributed by atoms with Gasteiger partial charge < -0.3 is 14.3 Å². The van der Waals surface area contributed by atoms with Crippen molar-refractivity contribution in [1.82, 2.24) is 19.7 Å². The van der Waals surface area contributed by atoms with E-state index >= 15 is 0 Å². The Bertz CT molecular complexity index is 843. The van der Waals surface area contributed by atoms with Crippen LogP contribution in [0.5, 0.6) is 0 Å². The molecular weight excluding hydrogens is 272 g/mol. The molecule has 0 aromatic carbocycles. The van der Waals surface area contributed by atoms with Crippen molar-refractivity contribution in [2.45, 2.75) is 6.54 Å². The number of rotatable bonds is 4. The van der Waals surface area contributed by atoms with Gasteiger partial charge in [0.15, 0.2) is 5.58 Å². The van der Waals surface area contributed by atoms with Crippen molar-refractivity contribution in [3.63, 3.8) is 0 Å². The van der Waals surface area contributed by atoms with Crippen molar-refractivity contribution >= 4 is 16.9 Å². The molecular formula is C14H14N4O3. The van der Waals surface area contributed by atoms with Gasteiger partial charge in [0.2, 0.25) is 0 Å². The predicted octanol–water partition coefficient (Wildman–Crippen LogP) is 0.758. The van der Waals surface area contributed by atoms with Crippen molar-refractivity contribution in [2.75, 3.05) is 6.54 Å². The highest BCUT2D eigenvalue weighted by Crippen LogP contribution is 2.09. The van der Waals surface area contributed by atoms with E-state index in [1.165, 1.54) is 15.5 Å². The summed E-state index contributed by atoms with van der Waals surface area (Å²) in [5.41, 5.74) is 0.603. The maximum absolute atomic E-state index is 12.1. The highest BCUT2D eigenvalue weighted by Gasteiger charge is 2.09. The van der Waals surface area contributed by atoms with E-state index in [1.807, 2.05) is 6.07 Å². The number of aryl methyl sites for hydroxylation is 1. The largest absolute Gasteiger partial charge is 0.459 e. The number of carbonyl (C=O) groups excluding carboxylic acids is 1. The average molecular weight is 286 g/mol. The second-order valence-electron chi connectivity index (χ2n) is 4.62. The zero-order chi connectivity index (χ0) is 14.8. The summed E-state index contributed by atoms with van der Waals surface area (Å²) in [6.45, 7) is 0.717. The summed E-state index contributed by atoms with van der Waals surface area (Å²) in [7, 11) is 1.70. The van der Waals surface area contributed by atoms with E-state index in [1.54, 1.807) is 31.6 Å². The van der Waals surface area contributed by atoms with Gasteiger partial charge in [-0.05, 0) is 18.2 Å². The van der Waals surface area contributed by atoms with Crippen molar-refractivity contribution in [3.8, 4) is 0 Å². The van der Waals surface area contributed by atoms with Crippen LogP contribution in [0, 0.1) is 0 Å². The lowest BCUT2D eigenvalue weighted by Crippen LogP contribution is -2.31. The molecule has 0 bridgehead atoms.